The van der Waals surface area contributed by atoms with Gasteiger partial charge >= 0.3 is 0 Å². The second-order valence-electron chi connectivity index (χ2n) is 9.45. The number of benzene rings is 4. The van der Waals surface area contributed by atoms with Gasteiger partial charge in [-0.05, 0) is 96.2 Å². The predicted molar refractivity (Wildman–Crippen MR) is 144 cm³/mol. The van der Waals surface area contributed by atoms with E-state index in [0.29, 0.717) is 18.6 Å². The smallest absolute Gasteiger partial charge is 0.133 e. The van der Waals surface area contributed by atoms with Crippen molar-refractivity contribution in [3.8, 4) is 22.3 Å². The summed E-state index contributed by atoms with van der Waals surface area (Å²) in [4.78, 5) is 12.8. The van der Waals surface area contributed by atoms with Gasteiger partial charge in [-0.15, -0.1) is 0 Å². The summed E-state index contributed by atoms with van der Waals surface area (Å²) in [5, 5.41) is 0. The first-order valence-corrected chi connectivity index (χ1v) is 12.2. The van der Waals surface area contributed by atoms with Crippen molar-refractivity contribution in [2.45, 2.75) is 53.4 Å². The molecule has 0 radical (unpaired) electrons. The molecule has 1 nitrogen and oxygen atoms in total. The maximum Gasteiger partial charge on any atom is 0.133 e. The highest BCUT2D eigenvalue weighted by molar-refractivity contribution is 5.79. The molecule has 0 amide bonds. The molecule has 0 atom stereocenters. The third-order valence-electron chi connectivity index (χ3n) is 6.91. The molecule has 0 spiro atoms. The van der Waals surface area contributed by atoms with Crippen molar-refractivity contribution < 1.29 is 4.79 Å². The second-order valence-corrected chi connectivity index (χ2v) is 9.45. The molecule has 0 aliphatic heterocycles. The predicted octanol–water partition coefficient (Wildman–Crippen LogP) is 8.39. The SMILES string of the molecule is Cc1cc(-c2ccccc2)cc(C)c1CCC(=O)CCc1c(C)cc(-c2ccccc2)cc1C. The lowest BCUT2D eigenvalue weighted by atomic mass is 9.90. The highest BCUT2D eigenvalue weighted by atomic mass is 16.1. The molecule has 0 aromatic heterocycles. The minimum atomic E-state index is 0.344. The van der Waals surface area contributed by atoms with Gasteiger partial charge in [0, 0.05) is 12.8 Å². The first-order valence-electron chi connectivity index (χ1n) is 12.2. The van der Waals surface area contributed by atoms with Crippen LogP contribution in [0.2, 0.25) is 0 Å². The van der Waals surface area contributed by atoms with Crippen molar-refractivity contribution in [1.82, 2.24) is 0 Å². The van der Waals surface area contributed by atoms with Crippen molar-refractivity contribution in [2.24, 2.45) is 0 Å². The Bertz CT molecular complexity index is 1140. The van der Waals surface area contributed by atoms with Gasteiger partial charge in [0.05, 0.1) is 0 Å². The largest absolute Gasteiger partial charge is 0.300 e. The minimum absolute atomic E-state index is 0.344. The Kier molecular flexibility index (Phi) is 7.43. The Balaban J connectivity index is 1.39. The number of Topliss-reactive ketones (excluding diaryl/α,β-unsaturated/α-hetero) is 1. The fourth-order valence-corrected chi connectivity index (χ4v) is 5.02. The van der Waals surface area contributed by atoms with Crippen LogP contribution in [0.4, 0.5) is 0 Å². The first kappa shape index (κ1) is 23.7. The average Bonchev–Trinajstić information content (AvgIpc) is 2.84. The minimum Gasteiger partial charge on any atom is -0.300 e. The van der Waals surface area contributed by atoms with Gasteiger partial charge in [-0.2, -0.15) is 0 Å². The van der Waals surface area contributed by atoms with E-state index in [2.05, 4.69) is 100 Å². The summed E-state index contributed by atoms with van der Waals surface area (Å²) in [6.45, 7) is 8.67. The second kappa shape index (κ2) is 10.7. The van der Waals surface area contributed by atoms with Crippen LogP contribution in [0.1, 0.15) is 46.2 Å². The van der Waals surface area contributed by atoms with E-state index in [0.717, 1.165) is 12.8 Å². The number of rotatable bonds is 8. The van der Waals surface area contributed by atoms with Crippen LogP contribution in [0, 0.1) is 27.7 Å². The van der Waals surface area contributed by atoms with Gasteiger partial charge in [0.2, 0.25) is 0 Å². The van der Waals surface area contributed by atoms with Gasteiger partial charge in [0.15, 0.2) is 0 Å². The van der Waals surface area contributed by atoms with E-state index >= 15 is 0 Å². The fourth-order valence-electron chi connectivity index (χ4n) is 5.02. The third kappa shape index (κ3) is 5.54. The molecule has 0 aliphatic rings. The topological polar surface area (TPSA) is 17.1 Å². The molecule has 4 aromatic rings. The third-order valence-corrected chi connectivity index (χ3v) is 6.91. The summed E-state index contributed by atoms with van der Waals surface area (Å²) in [6, 6.07) is 30.0. The standard InChI is InChI=1S/C33H34O/c1-23-19-29(27-11-7-5-8-12-27)20-24(2)32(23)17-15-31(34)16-18-33-25(3)21-30(22-26(33)4)28-13-9-6-10-14-28/h5-14,19-22H,15-18H2,1-4H3. The monoisotopic (exact) mass is 446 g/mol. The van der Waals surface area contributed by atoms with Gasteiger partial charge < -0.3 is 0 Å². The van der Waals surface area contributed by atoms with Crippen LogP contribution < -0.4 is 0 Å². The molecular formula is C33H34O. The molecule has 0 bridgehead atoms. The Morgan fingerprint density at radius 1 is 0.500 bits per heavy atom. The zero-order valence-electron chi connectivity index (χ0n) is 20.8. The molecular weight excluding hydrogens is 412 g/mol. The molecule has 34 heavy (non-hydrogen) atoms. The maximum atomic E-state index is 12.8. The number of carbonyl (C=O) groups is 1. The Hall–Kier alpha value is -3.45. The molecule has 0 aliphatic carbocycles. The van der Waals surface area contributed by atoms with Crippen molar-refractivity contribution in [3.63, 3.8) is 0 Å². The van der Waals surface area contributed by atoms with Gasteiger partial charge in [-0.1, -0.05) is 84.9 Å². The zero-order chi connectivity index (χ0) is 24.1. The normalized spacial score (nSPS) is 10.9. The number of hydrogen-bond donors (Lipinski definition) is 0. The van der Waals surface area contributed by atoms with Crippen LogP contribution in [0.3, 0.4) is 0 Å². The quantitative estimate of drug-likeness (QED) is 0.266. The van der Waals surface area contributed by atoms with Gasteiger partial charge in [0.1, 0.15) is 5.78 Å². The van der Waals surface area contributed by atoms with Gasteiger partial charge in [0.25, 0.3) is 0 Å². The number of carbonyl (C=O) groups excluding carboxylic acids is 1. The molecule has 4 rings (SSSR count). The molecule has 0 saturated heterocycles. The number of aryl methyl sites for hydroxylation is 4. The highest BCUT2D eigenvalue weighted by Gasteiger charge is 2.12. The highest BCUT2D eigenvalue weighted by Crippen LogP contribution is 2.28. The van der Waals surface area contributed by atoms with Crippen LogP contribution >= 0.6 is 0 Å². The number of hydrogen-bond acceptors (Lipinski definition) is 1. The molecule has 1 heteroatoms. The van der Waals surface area contributed by atoms with Crippen LogP contribution in [0.25, 0.3) is 22.3 Å². The van der Waals surface area contributed by atoms with Crippen molar-refractivity contribution in [2.75, 3.05) is 0 Å². The summed E-state index contributed by atoms with van der Waals surface area (Å²) in [5.74, 6) is 0.344. The van der Waals surface area contributed by atoms with Crippen molar-refractivity contribution >= 4 is 5.78 Å². The van der Waals surface area contributed by atoms with Crippen LogP contribution in [-0.4, -0.2) is 5.78 Å². The summed E-state index contributed by atoms with van der Waals surface area (Å²) < 4.78 is 0. The lowest BCUT2D eigenvalue weighted by Crippen LogP contribution is -2.06. The van der Waals surface area contributed by atoms with Gasteiger partial charge in [-0.25, -0.2) is 0 Å². The molecule has 0 heterocycles. The van der Waals surface area contributed by atoms with E-state index in [9.17, 15) is 4.79 Å². The van der Waals surface area contributed by atoms with Gasteiger partial charge in [-0.3, -0.25) is 4.79 Å². The Labute approximate surface area is 204 Å². The summed E-state index contributed by atoms with van der Waals surface area (Å²) in [5.41, 5.74) is 12.7. The van der Waals surface area contributed by atoms with E-state index in [1.807, 2.05) is 12.1 Å². The summed E-state index contributed by atoms with van der Waals surface area (Å²) in [7, 11) is 0. The molecule has 4 aromatic carbocycles. The van der Waals surface area contributed by atoms with E-state index in [1.54, 1.807) is 0 Å². The van der Waals surface area contributed by atoms with Crippen LogP contribution in [0.5, 0.6) is 0 Å². The molecule has 0 fully saturated rings. The fraction of sp³-hybridized carbons (Fsp3) is 0.242. The summed E-state index contributed by atoms with van der Waals surface area (Å²) >= 11 is 0. The number of ketones is 1. The molecule has 0 saturated carbocycles. The van der Waals surface area contributed by atoms with Crippen molar-refractivity contribution in [1.29, 1.82) is 0 Å². The van der Waals surface area contributed by atoms with Crippen LogP contribution in [0.15, 0.2) is 84.9 Å². The molecule has 172 valence electrons. The Morgan fingerprint density at radius 3 is 1.15 bits per heavy atom. The van der Waals surface area contributed by atoms with E-state index in [1.165, 1.54) is 55.6 Å². The molecule has 0 unspecified atom stereocenters. The average molecular weight is 447 g/mol. The Morgan fingerprint density at radius 2 is 0.824 bits per heavy atom. The maximum absolute atomic E-state index is 12.8. The zero-order valence-corrected chi connectivity index (χ0v) is 20.8. The first-order chi connectivity index (χ1) is 16.4. The molecule has 0 N–H and O–H groups in total. The van der Waals surface area contributed by atoms with E-state index in [4.69, 9.17) is 0 Å². The summed E-state index contributed by atoms with van der Waals surface area (Å²) in [6.07, 6.45) is 2.84. The lowest BCUT2D eigenvalue weighted by Gasteiger charge is -2.14. The van der Waals surface area contributed by atoms with Crippen molar-refractivity contribution in [3.05, 3.63) is 118 Å². The van der Waals surface area contributed by atoms with E-state index in [-0.39, 0.29) is 0 Å². The van der Waals surface area contributed by atoms with Crippen LogP contribution in [-0.2, 0) is 17.6 Å². The lowest BCUT2D eigenvalue weighted by molar-refractivity contribution is -0.119. The van der Waals surface area contributed by atoms with E-state index < -0.39 is 0 Å².